The highest BCUT2D eigenvalue weighted by molar-refractivity contribution is 7.89. The molecule has 1 saturated heterocycles. The van der Waals surface area contributed by atoms with Crippen molar-refractivity contribution in [3.05, 3.63) is 40.7 Å². The lowest BCUT2D eigenvalue weighted by Gasteiger charge is -2.30. The van der Waals surface area contributed by atoms with Crippen LogP contribution in [0.15, 0.2) is 23.1 Å². The maximum absolute atomic E-state index is 13.6. The smallest absolute Gasteiger partial charge is 0.433 e. The van der Waals surface area contributed by atoms with Gasteiger partial charge >= 0.3 is 6.18 Å². The molecule has 1 aromatic heterocycles. The number of ether oxygens (including phenoxy) is 1. The second-order valence-corrected chi connectivity index (χ2v) is 12.5. The van der Waals surface area contributed by atoms with Crippen molar-refractivity contribution in [3.8, 4) is 5.75 Å². The Hall–Kier alpha value is -2.93. The number of carbonyl (C=O) groups is 1. The van der Waals surface area contributed by atoms with Crippen molar-refractivity contribution >= 4 is 21.9 Å². The minimum atomic E-state index is -4.65. The predicted molar refractivity (Wildman–Crippen MR) is 136 cm³/mol. The summed E-state index contributed by atoms with van der Waals surface area (Å²) in [6, 6.07) is 3.69. The fourth-order valence-electron chi connectivity index (χ4n) is 5.66. The molecule has 9 nitrogen and oxygen atoms in total. The fraction of sp³-hybridized carbons (Fsp3) is 0.577. The third-order valence-corrected chi connectivity index (χ3v) is 9.44. The number of sulfonamides is 1. The van der Waals surface area contributed by atoms with Crippen LogP contribution in [-0.4, -0.2) is 54.4 Å². The third kappa shape index (κ3) is 5.84. The number of alkyl halides is 3. The van der Waals surface area contributed by atoms with Crippen LogP contribution in [0.5, 0.6) is 5.75 Å². The number of anilines is 1. The Morgan fingerprint density at radius 2 is 1.97 bits per heavy atom. The van der Waals surface area contributed by atoms with Crippen molar-refractivity contribution in [2.75, 3.05) is 18.9 Å². The normalized spacial score (nSPS) is 25.3. The molecule has 3 aliphatic rings. The van der Waals surface area contributed by atoms with E-state index in [4.69, 9.17) is 10.5 Å². The van der Waals surface area contributed by atoms with E-state index >= 15 is 0 Å². The van der Waals surface area contributed by atoms with Crippen LogP contribution in [0.1, 0.15) is 55.1 Å². The highest BCUT2D eigenvalue weighted by Crippen LogP contribution is 2.44. The van der Waals surface area contributed by atoms with Crippen LogP contribution < -0.4 is 15.2 Å². The van der Waals surface area contributed by atoms with Crippen molar-refractivity contribution in [1.82, 2.24) is 19.6 Å². The molecule has 2 aliphatic heterocycles. The summed E-state index contributed by atoms with van der Waals surface area (Å²) in [5.74, 6) is -0.258. The van der Waals surface area contributed by atoms with E-state index in [-0.39, 0.29) is 46.4 Å². The summed E-state index contributed by atoms with van der Waals surface area (Å²) in [4.78, 5) is 22.7. The first kappa shape index (κ1) is 27.6. The van der Waals surface area contributed by atoms with Gasteiger partial charge in [-0.25, -0.2) is 18.4 Å². The Morgan fingerprint density at radius 1 is 1.21 bits per heavy atom. The molecule has 1 aromatic carbocycles. The van der Waals surface area contributed by atoms with Gasteiger partial charge in [-0.15, -0.1) is 0 Å². The number of halogens is 3. The number of amides is 1. The Kier molecular flexibility index (Phi) is 7.25. The lowest BCUT2D eigenvalue weighted by atomic mass is 10.0. The van der Waals surface area contributed by atoms with E-state index in [0.717, 1.165) is 12.0 Å². The van der Waals surface area contributed by atoms with E-state index < -0.39 is 33.9 Å². The molecule has 212 valence electrons. The Balaban J connectivity index is 1.27. The van der Waals surface area contributed by atoms with E-state index in [2.05, 4.69) is 14.7 Å². The molecule has 1 aliphatic carbocycles. The molecule has 1 saturated carbocycles. The van der Waals surface area contributed by atoms with Crippen LogP contribution in [0.2, 0.25) is 0 Å². The van der Waals surface area contributed by atoms with Gasteiger partial charge in [0.15, 0.2) is 5.69 Å². The zero-order chi connectivity index (χ0) is 28.1. The van der Waals surface area contributed by atoms with E-state index in [1.807, 2.05) is 6.92 Å². The minimum absolute atomic E-state index is 0.00125. The monoisotopic (exact) mass is 567 g/mol. The summed E-state index contributed by atoms with van der Waals surface area (Å²) < 4.78 is 75.2. The van der Waals surface area contributed by atoms with Gasteiger partial charge in [0.05, 0.1) is 11.5 Å². The van der Waals surface area contributed by atoms with Gasteiger partial charge < -0.3 is 15.4 Å². The van der Waals surface area contributed by atoms with Crippen molar-refractivity contribution in [1.29, 1.82) is 0 Å². The molecule has 4 atom stereocenters. The quantitative estimate of drug-likeness (QED) is 0.526. The van der Waals surface area contributed by atoms with Crippen LogP contribution in [0.4, 0.5) is 19.1 Å². The van der Waals surface area contributed by atoms with Gasteiger partial charge in [0, 0.05) is 36.3 Å². The number of carbonyl (C=O) groups excluding carboxylic acids is 1. The van der Waals surface area contributed by atoms with Crippen LogP contribution in [-0.2, 0) is 33.8 Å². The third-order valence-electron chi connectivity index (χ3n) is 7.97. The first-order valence-corrected chi connectivity index (χ1v) is 14.6. The molecular formula is C26H32F3N5O4S. The number of aromatic nitrogens is 2. The number of hydrogen-bond donors (Lipinski definition) is 2. The molecule has 3 N–H and O–H groups in total. The maximum Gasteiger partial charge on any atom is 0.433 e. The second-order valence-electron chi connectivity index (χ2n) is 10.8. The lowest BCUT2D eigenvalue weighted by molar-refractivity contribution is -0.141. The second kappa shape index (κ2) is 10.2. The molecule has 0 unspecified atom stereocenters. The zero-order valence-electron chi connectivity index (χ0n) is 21.8. The standard InChI is InChI=1S/C26H32F3N5O4S/c1-14-4-3-5-21(33-39(36,37)19-7-6-16-8-9-38-22(16)12-19)24(35)34(14)13-18-10-17(18)11-20-15(2)31-25(30)32-23(20)26(27,28)29/h6-7,12,14,17-18,21,33H,3-5,8-11,13H2,1-2H3,(H2,30,31,32)/t14-,17-,18-,21+/m1/s1. The molecule has 5 rings (SSSR count). The van der Waals surface area contributed by atoms with Gasteiger partial charge in [-0.3, -0.25) is 4.79 Å². The molecule has 0 bridgehead atoms. The number of hydrogen-bond acceptors (Lipinski definition) is 7. The number of fused-ring (bicyclic) bond motifs is 1. The highest BCUT2D eigenvalue weighted by atomic mass is 32.2. The summed E-state index contributed by atoms with van der Waals surface area (Å²) in [6.45, 7) is 4.27. The van der Waals surface area contributed by atoms with Crippen molar-refractivity contribution in [3.63, 3.8) is 0 Å². The zero-order valence-corrected chi connectivity index (χ0v) is 22.6. The summed E-state index contributed by atoms with van der Waals surface area (Å²) >= 11 is 0. The summed E-state index contributed by atoms with van der Waals surface area (Å²) in [6.07, 6.45) is -1.40. The predicted octanol–water partition coefficient (Wildman–Crippen LogP) is 3.25. The SMILES string of the molecule is Cc1nc(N)nc(C(F)(F)F)c1C[C@H]1C[C@@H]1CN1C(=O)[C@@H](NS(=O)(=O)c2ccc3c(c2)OCC3)CCC[C@H]1C. The first-order valence-electron chi connectivity index (χ1n) is 13.1. The Morgan fingerprint density at radius 3 is 2.72 bits per heavy atom. The maximum atomic E-state index is 13.6. The van der Waals surface area contributed by atoms with E-state index in [1.54, 1.807) is 11.0 Å². The molecule has 0 radical (unpaired) electrons. The van der Waals surface area contributed by atoms with E-state index in [0.29, 0.717) is 44.6 Å². The van der Waals surface area contributed by atoms with Crippen molar-refractivity contribution < 1.29 is 31.1 Å². The number of nitrogens with one attached hydrogen (secondary N) is 1. The van der Waals surface area contributed by atoms with Gasteiger partial charge in [-0.2, -0.15) is 17.9 Å². The summed E-state index contributed by atoms with van der Waals surface area (Å²) in [5, 5.41) is 0. The molecule has 1 amide bonds. The van der Waals surface area contributed by atoms with E-state index in [1.165, 1.54) is 19.1 Å². The van der Waals surface area contributed by atoms with Gasteiger partial charge in [0.1, 0.15) is 11.8 Å². The van der Waals surface area contributed by atoms with Gasteiger partial charge in [0.25, 0.3) is 0 Å². The number of rotatable bonds is 7. The van der Waals surface area contributed by atoms with Gasteiger partial charge in [-0.05, 0) is 69.4 Å². The Labute approximate surface area is 225 Å². The first-order chi connectivity index (χ1) is 18.3. The minimum Gasteiger partial charge on any atom is -0.493 e. The number of likely N-dealkylation sites (tertiary alicyclic amines) is 1. The number of nitrogens with zero attached hydrogens (tertiary/aromatic N) is 3. The average Bonchev–Trinajstić information content (AvgIpc) is 3.44. The highest BCUT2D eigenvalue weighted by Gasteiger charge is 2.45. The number of aryl methyl sites for hydroxylation is 1. The summed E-state index contributed by atoms with van der Waals surface area (Å²) in [7, 11) is -3.97. The molecule has 2 fully saturated rings. The number of nitrogens with two attached hydrogens (primary N) is 1. The van der Waals surface area contributed by atoms with Crippen LogP contribution in [0, 0.1) is 18.8 Å². The summed E-state index contributed by atoms with van der Waals surface area (Å²) in [5.41, 5.74) is 5.63. The molecular weight excluding hydrogens is 535 g/mol. The molecule has 3 heterocycles. The molecule has 13 heteroatoms. The lowest BCUT2D eigenvalue weighted by Crippen LogP contribution is -2.50. The topological polar surface area (TPSA) is 128 Å². The molecule has 39 heavy (non-hydrogen) atoms. The number of benzene rings is 1. The number of nitrogen functional groups attached to an aromatic ring is 1. The van der Waals surface area contributed by atoms with Crippen molar-refractivity contribution in [2.45, 2.75) is 75.5 Å². The largest absolute Gasteiger partial charge is 0.493 e. The van der Waals surface area contributed by atoms with Crippen LogP contribution in [0.3, 0.4) is 0 Å². The van der Waals surface area contributed by atoms with Gasteiger partial charge in [0.2, 0.25) is 21.9 Å². The van der Waals surface area contributed by atoms with Crippen LogP contribution in [0.25, 0.3) is 0 Å². The van der Waals surface area contributed by atoms with Gasteiger partial charge in [-0.1, -0.05) is 6.07 Å². The molecule has 0 spiro atoms. The van der Waals surface area contributed by atoms with Crippen LogP contribution >= 0.6 is 0 Å². The Bertz CT molecular complexity index is 1380. The van der Waals surface area contributed by atoms with Crippen molar-refractivity contribution in [2.24, 2.45) is 11.8 Å². The molecule has 2 aromatic rings. The average molecular weight is 568 g/mol. The fourth-order valence-corrected chi connectivity index (χ4v) is 6.90. The van der Waals surface area contributed by atoms with E-state index in [9.17, 15) is 26.4 Å².